The van der Waals surface area contributed by atoms with Crippen LogP contribution in [0.4, 0.5) is 0 Å². The topological polar surface area (TPSA) is 54.3 Å². The molecular weight excluding hydrogens is 373 g/mol. The molecule has 1 saturated heterocycles. The highest BCUT2D eigenvalue weighted by molar-refractivity contribution is 6.31. The minimum atomic E-state index is -0.148. The Morgan fingerprint density at radius 1 is 1.19 bits per heavy atom. The van der Waals surface area contributed by atoms with Crippen molar-refractivity contribution in [2.75, 3.05) is 20.1 Å². The molecule has 3 rings (SSSR count). The molecule has 0 saturated carbocycles. The Kier molecular flexibility index (Phi) is 7.26. The molecule has 1 aromatic carbocycles. The number of halogens is 2. The van der Waals surface area contributed by atoms with Crippen molar-refractivity contribution in [1.82, 2.24) is 14.8 Å². The molecule has 5 nitrogen and oxygen atoms in total. The van der Waals surface area contributed by atoms with Crippen LogP contribution in [0, 0.1) is 0 Å². The van der Waals surface area contributed by atoms with E-state index in [0.717, 1.165) is 31.5 Å². The molecular formula is C19H23Cl2N3O2. The number of piperidine rings is 1. The van der Waals surface area contributed by atoms with Crippen molar-refractivity contribution in [2.45, 2.75) is 25.4 Å². The van der Waals surface area contributed by atoms with E-state index in [2.05, 4.69) is 5.32 Å². The Hall–Kier alpha value is -1.82. The normalized spacial score (nSPS) is 14.8. The molecule has 1 fully saturated rings. The average molecular weight is 396 g/mol. The van der Waals surface area contributed by atoms with Crippen molar-refractivity contribution in [3.8, 4) is 0 Å². The molecule has 26 heavy (non-hydrogen) atoms. The monoisotopic (exact) mass is 395 g/mol. The number of hydrogen-bond donors (Lipinski definition) is 1. The fourth-order valence-corrected chi connectivity index (χ4v) is 3.34. The first-order chi connectivity index (χ1) is 12.1. The first kappa shape index (κ1) is 20.5. The lowest BCUT2D eigenvalue weighted by Crippen LogP contribution is -2.44. The number of likely N-dealkylation sites (tertiary alicyclic amines) is 1. The number of hydrogen-bond acceptors (Lipinski definition) is 3. The maximum absolute atomic E-state index is 12.7. The number of benzene rings is 1. The first-order valence-corrected chi connectivity index (χ1v) is 8.86. The van der Waals surface area contributed by atoms with Crippen LogP contribution in [-0.2, 0) is 6.54 Å². The summed E-state index contributed by atoms with van der Waals surface area (Å²) in [5.41, 5.74) is 1.24. The van der Waals surface area contributed by atoms with E-state index in [1.165, 1.54) is 10.6 Å². The number of nitrogens with one attached hydrogen (secondary N) is 1. The second-order valence-electron chi connectivity index (χ2n) is 6.33. The van der Waals surface area contributed by atoms with Gasteiger partial charge in [-0.25, -0.2) is 0 Å². The zero-order chi connectivity index (χ0) is 17.8. The van der Waals surface area contributed by atoms with Gasteiger partial charge in [0.2, 0.25) is 0 Å². The summed E-state index contributed by atoms with van der Waals surface area (Å²) < 4.78 is 1.54. The van der Waals surface area contributed by atoms with Crippen molar-refractivity contribution in [3.63, 3.8) is 0 Å². The van der Waals surface area contributed by atoms with Crippen molar-refractivity contribution >= 4 is 29.9 Å². The average Bonchev–Trinajstić information content (AvgIpc) is 2.65. The van der Waals surface area contributed by atoms with Crippen molar-refractivity contribution in [2.24, 2.45) is 0 Å². The third-order valence-corrected chi connectivity index (χ3v) is 5.09. The van der Waals surface area contributed by atoms with Crippen molar-refractivity contribution < 1.29 is 4.79 Å². The predicted molar refractivity (Wildman–Crippen MR) is 106 cm³/mol. The van der Waals surface area contributed by atoms with Crippen LogP contribution in [0.15, 0.2) is 47.4 Å². The van der Waals surface area contributed by atoms with Gasteiger partial charge in [0, 0.05) is 36.4 Å². The van der Waals surface area contributed by atoms with Gasteiger partial charge in [-0.15, -0.1) is 12.4 Å². The standard InChI is InChI=1S/C19H22ClN3O2.ClH/c1-21-16-8-10-22(11-9-16)19(25)15-6-7-18(24)23(13-15)12-14-4-2-3-5-17(14)20;/h2-7,13,16,21H,8-12H2,1H3;1H. The van der Waals surface area contributed by atoms with Gasteiger partial charge in [-0.1, -0.05) is 29.8 Å². The molecule has 0 unspecified atom stereocenters. The lowest BCUT2D eigenvalue weighted by Gasteiger charge is -2.31. The highest BCUT2D eigenvalue weighted by atomic mass is 35.5. The van der Waals surface area contributed by atoms with Crippen LogP contribution in [0.3, 0.4) is 0 Å². The van der Waals surface area contributed by atoms with Gasteiger partial charge in [-0.05, 0) is 37.6 Å². The molecule has 1 N–H and O–H groups in total. The van der Waals surface area contributed by atoms with Crippen LogP contribution in [0.25, 0.3) is 0 Å². The van der Waals surface area contributed by atoms with E-state index in [-0.39, 0.29) is 23.9 Å². The fourth-order valence-electron chi connectivity index (χ4n) is 3.15. The van der Waals surface area contributed by atoms with Gasteiger partial charge < -0.3 is 14.8 Å². The lowest BCUT2D eigenvalue weighted by atomic mass is 10.0. The van der Waals surface area contributed by atoms with E-state index >= 15 is 0 Å². The van der Waals surface area contributed by atoms with Crippen molar-refractivity contribution in [1.29, 1.82) is 0 Å². The molecule has 1 amide bonds. The van der Waals surface area contributed by atoms with E-state index in [1.54, 1.807) is 18.3 Å². The molecule has 0 radical (unpaired) electrons. The number of rotatable bonds is 4. The highest BCUT2D eigenvalue weighted by Crippen LogP contribution is 2.17. The van der Waals surface area contributed by atoms with Crippen LogP contribution in [0.2, 0.25) is 5.02 Å². The molecule has 2 aromatic rings. The van der Waals surface area contributed by atoms with Gasteiger partial charge in [0.15, 0.2) is 0 Å². The number of carbonyl (C=O) groups is 1. The molecule has 1 aliphatic rings. The second-order valence-corrected chi connectivity index (χ2v) is 6.74. The summed E-state index contributed by atoms with van der Waals surface area (Å²) in [7, 11) is 1.95. The van der Waals surface area contributed by atoms with Gasteiger partial charge in [-0.3, -0.25) is 9.59 Å². The van der Waals surface area contributed by atoms with Crippen LogP contribution in [-0.4, -0.2) is 41.6 Å². The number of nitrogens with zero attached hydrogens (tertiary/aromatic N) is 2. The van der Waals surface area contributed by atoms with E-state index in [9.17, 15) is 9.59 Å². The number of carbonyl (C=O) groups excluding carboxylic acids is 1. The lowest BCUT2D eigenvalue weighted by molar-refractivity contribution is 0.0706. The van der Waals surface area contributed by atoms with E-state index in [1.807, 2.05) is 30.1 Å². The summed E-state index contributed by atoms with van der Waals surface area (Å²) in [6.45, 7) is 1.81. The van der Waals surface area contributed by atoms with Crippen LogP contribution in [0.5, 0.6) is 0 Å². The van der Waals surface area contributed by atoms with E-state index in [0.29, 0.717) is 23.2 Å². The van der Waals surface area contributed by atoms with Crippen LogP contribution < -0.4 is 10.9 Å². The van der Waals surface area contributed by atoms with Crippen LogP contribution in [0.1, 0.15) is 28.8 Å². The zero-order valence-corrected chi connectivity index (χ0v) is 16.2. The smallest absolute Gasteiger partial charge is 0.255 e. The first-order valence-electron chi connectivity index (χ1n) is 8.49. The Morgan fingerprint density at radius 2 is 1.88 bits per heavy atom. The summed E-state index contributed by atoms with van der Waals surface area (Å²) in [5.74, 6) is -0.0255. The molecule has 140 valence electrons. The van der Waals surface area contributed by atoms with Gasteiger partial charge in [0.25, 0.3) is 11.5 Å². The van der Waals surface area contributed by atoms with Gasteiger partial charge in [-0.2, -0.15) is 0 Å². The quantitative estimate of drug-likeness (QED) is 0.865. The number of amides is 1. The van der Waals surface area contributed by atoms with Gasteiger partial charge >= 0.3 is 0 Å². The van der Waals surface area contributed by atoms with Gasteiger partial charge in [0.1, 0.15) is 0 Å². The third-order valence-electron chi connectivity index (χ3n) is 4.72. The summed E-state index contributed by atoms with van der Waals surface area (Å²) >= 11 is 6.18. The summed E-state index contributed by atoms with van der Waals surface area (Å²) in [6, 6.07) is 10.9. The SMILES string of the molecule is CNC1CCN(C(=O)c2ccc(=O)n(Cc3ccccc3Cl)c2)CC1.Cl. The number of pyridine rings is 1. The molecule has 1 aliphatic heterocycles. The van der Waals surface area contributed by atoms with E-state index < -0.39 is 0 Å². The fraction of sp³-hybridized carbons (Fsp3) is 0.368. The Labute approximate surface area is 164 Å². The molecule has 7 heteroatoms. The maximum atomic E-state index is 12.7. The molecule has 1 aromatic heterocycles. The minimum Gasteiger partial charge on any atom is -0.338 e. The molecule has 0 bridgehead atoms. The van der Waals surface area contributed by atoms with E-state index in [4.69, 9.17) is 11.6 Å². The largest absolute Gasteiger partial charge is 0.338 e. The number of aromatic nitrogens is 1. The minimum absolute atomic E-state index is 0. The summed E-state index contributed by atoms with van der Waals surface area (Å²) in [6.07, 6.45) is 3.53. The Morgan fingerprint density at radius 3 is 2.54 bits per heavy atom. The maximum Gasteiger partial charge on any atom is 0.255 e. The molecule has 0 atom stereocenters. The zero-order valence-electron chi connectivity index (χ0n) is 14.7. The summed E-state index contributed by atoms with van der Waals surface area (Å²) in [5, 5.41) is 3.87. The highest BCUT2D eigenvalue weighted by Gasteiger charge is 2.23. The Balaban J connectivity index is 0.00000243. The Bertz CT molecular complexity index is 814. The predicted octanol–water partition coefficient (Wildman–Crippen LogP) is 2.80. The summed E-state index contributed by atoms with van der Waals surface area (Å²) in [4.78, 5) is 26.8. The molecule has 0 spiro atoms. The molecule has 2 heterocycles. The molecule has 0 aliphatic carbocycles. The van der Waals surface area contributed by atoms with Gasteiger partial charge in [0.05, 0.1) is 12.1 Å². The second kappa shape index (κ2) is 9.21. The van der Waals surface area contributed by atoms with Crippen molar-refractivity contribution in [3.05, 3.63) is 69.1 Å². The third kappa shape index (κ3) is 4.67. The van der Waals surface area contributed by atoms with Crippen LogP contribution >= 0.6 is 24.0 Å².